The molecule has 0 heterocycles. The van der Waals surface area contributed by atoms with Gasteiger partial charge in [-0.05, 0) is 24.6 Å². The lowest BCUT2D eigenvalue weighted by molar-refractivity contribution is -0.138. The lowest BCUT2D eigenvalue weighted by Gasteiger charge is -2.25. The van der Waals surface area contributed by atoms with E-state index >= 15 is 0 Å². The van der Waals surface area contributed by atoms with Gasteiger partial charge in [0.2, 0.25) is 0 Å². The first-order valence-corrected chi connectivity index (χ1v) is 7.37. The molecule has 5 nitrogen and oxygen atoms in total. The topological polar surface area (TPSA) is 44.2 Å². The monoisotopic (exact) mass is 310 g/mol. The number of benzene rings is 1. The predicted molar refractivity (Wildman–Crippen MR) is 85.6 cm³/mol. The highest BCUT2D eigenvalue weighted by Gasteiger charge is 2.55. The van der Waals surface area contributed by atoms with Crippen LogP contribution in [0.15, 0.2) is 35.9 Å². The van der Waals surface area contributed by atoms with Gasteiger partial charge < -0.3 is 9.47 Å². The molecule has 0 amide bonds. The van der Waals surface area contributed by atoms with Gasteiger partial charge in [0.05, 0.1) is 13.7 Å². The van der Waals surface area contributed by atoms with Gasteiger partial charge in [0, 0.05) is 12.0 Å². The van der Waals surface area contributed by atoms with Crippen LogP contribution >= 0.6 is 0 Å². The van der Waals surface area contributed by atoms with Crippen LogP contribution in [0.4, 0.5) is 0 Å². The summed E-state index contributed by atoms with van der Waals surface area (Å²) in [6.07, 6.45) is 2.23. The number of hydrogen-bond acceptors (Lipinski definition) is 3. The third-order valence-corrected chi connectivity index (χ3v) is 4.07. The Balaban J connectivity index is 2.39. The van der Waals surface area contributed by atoms with Crippen LogP contribution in [-0.2, 0) is 9.53 Å². The van der Waals surface area contributed by atoms with Crippen molar-refractivity contribution in [3.63, 3.8) is 0 Å². The Kier molecular flexibility index (Phi) is 5.03. The molecule has 0 N–H and O–H groups in total. The summed E-state index contributed by atoms with van der Waals surface area (Å²) in [6.45, 7) is 17.1. The lowest BCUT2D eigenvalue weighted by Crippen LogP contribution is -2.33. The molecule has 1 aliphatic carbocycles. The van der Waals surface area contributed by atoms with Crippen molar-refractivity contribution in [1.29, 1.82) is 0 Å². The molecule has 2 rings (SSSR count). The molecule has 1 aliphatic rings. The van der Waals surface area contributed by atoms with E-state index in [1.807, 2.05) is 12.1 Å². The van der Waals surface area contributed by atoms with Crippen LogP contribution in [0.25, 0.3) is 9.69 Å². The molecule has 0 saturated carbocycles. The average molecular weight is 310 g/mol. The van der Waals surface area contributed by atoms with Gasteiger partial charge in [0.1, 0.15) is 18.1 Å². The fraction of sp³-hybridized carbons (Fsp3) is 0.389. The summed E-state index contributed by atoms with van der Waals surface area (Å²) in [4.78, 5) is 19.2. The number of rotatable bonds is 4. The van der Waals surface area contributed by atoms with Gasteiger partial charge in [0.25, 0.3) is 0 Å². The second-order valence-corrected chi connectivity index (χ2v) is 5.29. The number of esters is 1. The minimum atomic E-state index is -1.20. The SMILES string of the molecule is [C-]#[N+]C1([N+]#[C-])CC=C(C(=O)OCC)CC1c1ccc(OC)cc1. The van der Waals surface area contributed by atoms with E-state index in [1.54, 1.807) is 32.2 Å². The molecular formula is C18H18N2O3. The predicted octanol–water partition coefficient (Wildman–Crippen LogP) is 3.60. The van der Waals surface area contributed by atoms with Gasteiger partial charge in [-0.25, -0.2) is 27.6 Å². The smallest absolute Gasteiger partial charge is 0.492 e. The zero-order valence-corrected chi connectivity index (χ0v) is 13.2. The minimum Gasteiger partial charge on any atom is -0.497 e. The van der Waals surface area contributed by atoms with Crippen molar-refractivity contribution in [3.8, 4) is 5.75 Å². The van der Waals surface area contributed by atoms with E-state index in [2.05, 4.69) is 9.69 Å². The third-order valence-electron chi connectivity index (χ3n) is 4.07. The Labute approximate surface area is 136 Å². The number of hydrogen-bond donors (Lipinski definition) is 0. The quantitative estimate of drug-likeness (QED) is 0.630. The summed E-state index contributed by atoms with van der Waals surface area (Å²) >= 11 is 0. The zero-order valence-electron chi connectivity index (χ0n) is 13.2. The van der Waals surface area contributed by atoms with Crippen molar-refractivity contribution in [2.45, 2.75) is 31.3 Å². The van der Waals surface area contributed by atoms with Gasteiger partial charge in [-0.2, -0.15) is 0 Å². The molecule has 0 radical (unpaired) electrons. The molecule has 1 aromatic carbocycles. The maximum Gasteiger partial charge on any atom is 0.492 e. The van der Waals surface area contributed by atoms with E-state index in [4.69, 9.17) is 22.6 Å². The van der Waals surface area contributed by atoms with Gasteiger partial charge >= 0.3 is 11.6 Å². The lowest BCUT2D eigenvalue weighted by atomic mass is 9.76. The first-order chi connectivity index (χ1) is 11.1. The number of carbonyl (C=O) groups excluding carboxylic acids is 1. The van der Waals surface area contributed by atoms with Crippen LogP contribution in [0.3, 0.4) is 0 Å². The number of carbonyl (C=O) groups is 1. The highest BCUT2D eigenvalue weighted by atomic mass is 16.5. The summed E-state index contributed by atoms with van der Waals surface area (Å²) in [7, 11) is 1.58. The highest BCUT2D eigenvalue weighted by molar-refractivity contribution is 5.89. The number of methoxy groups -OCH3 is 1. The molecule has 0 bridgehead atoms. The van der Waals surface area contributed by atoms with E-state index in [0.717, 1.165) is 5.56 Å². The Morgan fingerprint density at radius 1 is 1.30 bits per heavy atom. The molecule has 0 aromatic heterocycles. The molecule has 5 heteroatoms. The van der Waals surface area contributed by atoms with Crippen molar-refractivity contribution in [2.24, 2.45) is 0 Å². The van der Waals surface area contributed by atoms with Crippen LogP contribution in [0.1, 0.15) is 31.2 Å². The van der Waals surface area contributed by atoms with E-state index in [-0.39, 0.29) is 18.3 Å². The van der Waals surface area contributed by atoms with E-state index < -0.39 is 5.66 Å². The van der Waals surface area contributed by atoms with Crippen molar-refractivity contribution < 1.29 is 14.3 Å². The van der Waals surface area contributed by atoms with Crippen molar-refractivity contribution in [2.75, 3.05) is 13.7 Å². The van der Waals surface area contributed by atoms with Crippen molar-refractivity contribution in [1.82, 2.24) is 0 Å². The molecular weight excluding hydrogens is 292 g/mol. The first kappa shape index (κ1) is 16.6. The fourth-order valence-corrected chi connectivity index (χ4v) is 2.77. The summed E-state index contributed by atoms with van der Waals surface area (Å²) < 4.78 is 10.2. The largest absolute Gasteiger partial charge is 0.497 e. The second-order valence-electron chi connectivity index (χ2n) is 5.29. The van der Waals surface area contributed by atoms with E-state index in [1.165, 1.54) is 0 Å². The van der Waals surface area contributed by atoms with Crippen LogP contribution in [0.5, 0.6) is 5.75 Å². The van der Waals surface area contributed by atoms with E-state index in [9.17, 15) is 4.79 Å². The Morgan fingerprint density at radius 2 is 1.96 bits per heavy atom. The van der Waals surface area contributed by atoms with Gasteiger partial charge in [-0.1, -0.05) is 18.2 Å². The zero-order chi connectivity index (χ0) is 16.9. The average Bonchev–Trinajstić information content (AvgIpc) is 2.61. The Hall–Kier alpha value is -2.79. The molecule has 23 heavy (non-hydrogen) atoms. The number of nitrogens with zero attached hydrogens (tertiary/aromatic N) is 2. The molecule has 0 saturated heterocycles. The standard InChI is InChI=1S/C18H18N2O3/c1-5-23-17(21)14-10-11-18(19-2,20-3)16(12-14)13-6-8-15(22-4)9-7-13/h6-10,16H,5,11-12H2,1,4H3. The molecule has 0 fully saturated rings. The fourth-order valence-electron chi connectivity index (χ4n) is 2.77. The highest BCUT2D eigenvalue weighted by Crippen LogP contribution is 2.45. The second kappa shape index (κ2) is 6.98. The van der Waals surface area contributed by atoms with Crippen LogP contribution in [-0.4, -0.2) is 25.3 Å². The van der Waals surface area contributed by atoms with Crippen LogP contribution in [0, 0.1) is 13.1 Å². The number of ether oxygens (including phenoxy) is 2. The molecule has 118 valence electrons. The summed E-state index contributed by atoms with van der Waals surface area (Å²) in [5.41, 5.74) is 0.188. The van der Waals surface area contributed by atoms with Crippen molar-refractivity contribution in [3.05, 3.63) is 64.3 Å². The summed E-state index contributed by atoms with van der Waals surface area (Å²) in [6, 6.07) is 7.30. The third kappa shape index (κ3) is 3.19. The van der Waals surface area contributed by atoms with Crippen LogP contribution in [0.2, 0.25) is 0 Å². The van der Waals surface area contributed by atoms with Gasteiger partial charge in [-0.3, -0.25) is 0 Å². The maximum atomic E-state index is 12.0. The minimum absolute atomic E-state index is 0.227. The molecule has 1 atom stereocenters. The van der Waals surface area contributed by atoms with Gasteiger partial charge in [0.15, 0.2) is 0 Å². The van der Waals surface area contributed by atoms with Crippen LogP contribution < -0.4 is 4.74 Å². The van der Waals surface area contributed by atoms with Crippen molar-refractivity contribution >= 4 is 5.97 Å². The Bertz CT molecular complexity index is 678. The maximum absolute atomic E-state index is 12.0. The summed E-state index contributed by atoms with van der Waals surface area (Å²) in [5.74, 6) is -0.0238. The molecule has 1 aromatic rings. The molecule has 0 aliphatic heterocycles. The van der Waals surface area contributed by atoms with E-state index in [0.29, 0.717) is 24.4 Å². The summed E-state index contributed by atoms with van der Waals surface area (Å²) in [5, 5.41) is 0. The van der Waals surface area contributed by atoms with Gasteiger partial charge in [-0.15, -0.1) is 0 Å². The Morgan fingerprint density at radius 3 is 2.48 bits per heavy atom. The first-order valence-electron chi connectivity index (χ1n) is 7.37. The molecule has 0 spiro atoms. The normalized spacial score (nSPS) is 19.0. The molecule has 1 unspecified atom stereocenters.